The van der Waals surface area contributed by atoms with Crippen molar-refractivity contribution in [2.45, 2.75) is 77.5 Å². The predicted octanol–water partition coefficient (Wildman–Crippen LogP) is 1.91. The standard InChI is InChI=1S/C22H28O8/c1-6-11(2)20(25)28-16-9-12(3)15(24)7-8-22(5)19(30-22)18-17(16)14(21(26)29-18)10-27-13(4)23/h6,9,15-16,18-19,24H,7-8,10H2,1-5H3/b11-6+,12-9-/t15-,16-,18-,19+,22+/m0/s1. The Morgan fingerprint density at radius 3 is 2.70 bits per heavy atom. The lowest BCUT2D eigenvalue weighted by Crippen LogP contribution is -2.33. The van der Waals surface area contributed by atoms with Gasteiger partial charge in [0.05, 0.1) is 17.3 Å². The minimum Gasteiger partial charge on any atom is -0.461 e. The summed E-state index contributed by atoms with van der Waals surface area (Å²) in [6, 6.07) is 0. The molecular weight excluding hydrogens is 392 g/mol. The third-order valence-corrected chi connectivity index (χ3v) is 5.92. The van der Waals surface area contributed by atoms with Crippen LogP contribution in [0.2, 0.25) is 0 Å². The van der Waals surface area contributed by atoms with Crippen molar-refractivity contribution in [3.8, 4) is 0 Å². The molecule has 0 spiro atoms. The van der Waals surface area contributed by atoms with Crippen LogP contribution >= 0.6 is 0 Å². The number of esters is 3. The van der Waals surface area contributed by atoms with Gasteiger partial charge in [0.25, 0.3) is 0 Å². The second-order valence-electron chi connectivity index (χ2n) is 8.15. The molecule has 0 saturated carbocycles. The van der Waals surface area contributed by atoms with E-state index in [4.69, 9.17) is 18.9 Å². The monoisotopic (exact) mass is 420 g/mol. The van der Waals surface area contributed by atoms with E-state index in [1.54, 1.807) is 32.9 Å². The highest BCUT2D eigenvalue weighted by molar-refractivity contribution is 5.94. The molecule has 30 heavy (non-hydrogen) atoms. The highest BCUT2D eigenvalue weighted by atomic mass is 16.6. The zero-order chi connectivity index (χ0) is 22.2. The van der Waals surface area contributed by atoms with E-state index in [1.807, 2.05) is 6.92 Å². The van der Waals surface area contributed by atoms with Gasteiger partial charge in [0.1, 0.15) is 18.8 Å². The number of aliphatic hydroxyl groups is 1. The molecule has 3 rings (SSSR count). The highest BCUT2D eigenvalue weighted by Crippen LogP contribution is 2.49. The molecule has 0 bridgehead atoms. The summed E-state index contributed by atoms with van der Waals surface area (Å²) in [6.07, 6.45) is 1.35. The van der Waals surface area contributed by atoms with Crippen molar-refractivity contribution in [2.24, 2.45) is 0 Å². The minimum atomic E-state index is -0.976. The number of carbonyl (C=O) groups excluding carboxylic acids is 3. The molecule has 5 atom stereocenters. The summed E-state index contributed by atoms with van der Waals surface area (Å²) < 4.78 is 22.2. The van der Waals surface area contributed by atoms with E-state index in [0.717, 1.165) is 0 Å². The molecule has 164 valence electrons. The Labute approximate surface area is 175 Å². The van der Waals surface area contributed by atoms with Gasteiger partial charge in [-0.3, -0.25) is 4.79 Å². The van der Waals surface area contributed by atoms with Gasteiger partial charge in [0, 0.05) is 18.1 Å². The first-order valence-electron chi connectivity index (χ1n) is 10.0. The number of epoxide rings is 1. The van der Waals surface area contributed by atoms with Gasteiger partial charge in [-0.15, -0.1) is 0 Å². The van der Waals surface area contributed by atoms with Crippen molar-refractivity contribution >= 4 is 17.9 Å². The topological polar surface area (TPSA) is 112 Å². The first-order valence-corrected chi connectivity index (χ1v) is 10.0. The van der Waals surface area contributed by atoms with Crippen LogP contribution in [-0.2, 0) is 33.3 Å². The van der Waals surface area contributed by atoms with Gasteiger partial charge in [-0.25, -0.2) is 9.59 Å². The average Bonchev–Trinajstić information content (AvgIpc) is 3.25. The molecule has 1 saturated heterocycles. The zero-order valence-corrected chi connectivity index (χ0v) is 17.9. The zero-order valence-electron chi connectivity index (χ0n) is 17.9. The van der Waals surface area contributed by atoms with Crippen molar-refractivity contribution in [1.29, 1.82) is 0 Å². The second kappa shape index (κ2) is 8.35. The van der Waals surface area contributed by atoms with E-state index in [-0.39, 0.29) is 12.2 Å². The van der Waals surface area contributed by atoms with Crippen LogP contribution in [0.25, 0.3) is 0 Å². The molecule has 2 aliphatic heterocycles. The number of carbonyl (C=O) groups is 3. The lowest BCUT2D eigenvalue weighted by molar-refractivity contribution is -0.143. The Kier molecular flexibility index (Phi) is 6.19. The van der Waals surface area contributed by atoms with Gasteiger partial charge in [0.2, 0.25) is 0 Å². The lowest BCUT2D eigenvalue weighted by atomic mass is 9.86. The fourth-order valence-corrected chi connectivity index (χ4v) is 3.77. The van der Waals surface area contributed by atoms with Crippen molar-refractivity contribution in [2.75, 3.05) is 6.61 Å². The Hall–Kier alpha value is -2.45. The summed E-state index contributed by atoms with van der Waals surface area (Å²) >= 11 is 0. The van der Waals surface area contributed by atoms with Crippen molar-refractivity contribution < 1.29 is 38.4 Å². The van der Waals surface area contributed by atoms with Gasteiger partial charge in [-0.05, 0) is 52.2 Å². The van der Waals surface area contributed by atoms with Crippen LogP contribution in [0.5, 0.6) is 0 Å². The molecule has 3 aliphatic rings. The largest absolute Gasteiger partial charge is 0.461 e. The SMILES string of the molecule is C/C=C(\C)C(=O)O[C@H]1/C=C(/C)[C@@H](O)CC[C@@]2(C)O[C@@H]2[C@H]2OC(=O)C(COC(C)=O)=C12. The van der Waals surface area contributed by atoms with Gasteiger partial charge >= 0.3 is 17.9 Å². The van der Waals surface area contributed by atoms with Crippen LogP contribution < -0.4 is 0 Å². The van der Waals surface area contributed by atoms with Crippen molar-refractivity contribution in [3.05, 3.63) is 34.4 Å². The Bertz CT molecular complexity index is 851. The fraction of sp³-hybridized carbons (Fsp3) is 0.591. The quantitative estimate of drug-likeness (QED) is 0.241. The molecule has 0 aromatic heterocycles. The van der Waals surface area contributed by atoms with Crippen LogP contribution in [0.1, 0.15) is 47.5 Å². The smallest absolute Gasteiger partial charge is 0.338 e. The van der Waals surface area contributed by atoms with E-state index in [1.165, 1.54) is 6.92 Å². The molecule has 0 radical (unpaired) electrons. The number of hydrogen-bond acceptors (Lipinski definition) is 8. The maximum atomic E-state index is 12.6. The normalized spacial score (nSPS) is 35.5. The van der Waals surface area contributed by atoms with Crippen molar-refractivity contribution in [1.82, 2.24) is 0 Å². The summed E-state index contributed by atoms with van der Waals surface area (Å²) in [5, 5.41) is 10.5. The van der Waals surface area contributed by atoms with Crippen molar-refractivity contribution in [3.63, 3.8) is 0 Å². The molecule has 0 aromatic carbocycles. The first-order chi connectivity index (χ1) is 14.1. The Morgan fingerprint density at radius 2 is 2.07 bits per heavy atom. The van der Waals surface area contributed by atoms with Gasteiger partial charge < -0.3 is 24.1 Å². The lowest BCUT2D eigenvalue weighted by Gasteiger charge is -2.25. The van der Waals surface area contributed by atoms with E-state index in [0.29, 0.717) is 29.6 Å². The Morgan fingerprint density at radius 1 is 1.37 bits per heavy atom. The highest BCUT2D eigenvalue weighted by Gasteiger charge is 2.61. The molecule has 0 unspecified atom stereocenters. The minimum absolute atomic E-state index is 0.128. The van der Waals surface area contributed by atoms with Crippen LogP contribution in [0.4, 0.5) is 0 Å². The maximum Gasteiger partial charge on any atom is 0.338 e. The molecule has 0 aromatic rings. The average molecular weight is 420 g/mol. The fourth-order valence-electron chi connectivity index (χ4n) is 3.77. The van der Waals surface area contributed by atoms with E-state index < -0.39 is 47.9 Å². The van der Waals surface area contributed by atoms with Crippen LogP contribution in [0.3, 0.4) is 0 Å². The molecule has 2 heterocycles. The number of rotatable bonds is 4. The molecule has 1 aliphatic carbocycles. The number of ether oxygens (including phenoxy) is 4. The number of fused-ring (bicyclic) bond motifs is 3. The third-order valence-electron chi connectivity index (χ3n) is 5.92. The number of aliphatic hydroxyl groups excluding tert-OH is 1. The van der Waals surface area contributed by atoms with Crippen LogP contribution in [-0.4, -0.2) is 59.6 Å². The first kappa shape index (κ1) is 22.2. The summed E-state index contributed by atoms with van der Waals surface area (Å²) in [5.41, 5.74) is 0.949. The van der Waals surface area contributed by atoms with E-state index >= 15 is 0 Å². The maximum absolute atomic E-state index is 12.6. The Balaban J connectivity index is 2.10. The van der Waals surface area contributed by atoms with Crippen LogP contribution in [0.15, 0.2) is 34.4 Å². The molecular formula is C22H28O8. The van der Waals surface area contributed by atoms with Gasteiger partial charge in [-0.1, -0.05) is 6.08 Å². The molecule has 8 heteroatoms. The van der Waals surface area contributed by atoms with Gasteiger partial charge in [0.15, 0.2) is 6.10 Å². The predicted molar refractivity (Wildman–Crippen MR) is 105 cm³/mol. The molecule has 0 amide bonds. The molecule has 8 nitrogen and oxygen atoms in total. The third kappa shape index (κ3) is 4.34. The van der Waals surface area contributed by atoms with E-state index in [2.05, 4.69) is 0 Å². The summed E-state index contributed by atoms with van der Waals surface area (Å²) in [6.45, 7) is 7.92. The summed E-state index contributed by atoms with van der Waals surface area (Å²) in [7, 11) is 0. The second-order valence-corrected chi connectivity index (χ2v) is 8.15. The van der Waals surface area contributed by atoms with Gasteiger partial charge in [-0.2, -0.15) is 0 Å². The molecule has 1 N–H and O–H groups in total. The summed E-state index contributed by atoms with van der Waals surface area (Å²) in [4.78, 5) is 36.5. The summed E-state index contributed by atoms with van der Waals surface area (Å²) in [5.74, 6) is -1.74. The number of hydrogen-bond donors (Lipinski definition) is 1. The van der Waals surface area contributed by atoms with Crippen LogP contribution in [0, 0.1) is 0 Å². The number of allylic oxidation sites excluding steroid dienone is 1. The molecule has 1 fully saturated rings. The van der Waals surface area contributed by atoms with E-state index in [9.17, 15) is 19.5 Å².